The van der Waals surface area contributed by atoms with Crippen LogP contribution in [0.15, 0.2) is 24.3 Å². The number of aromatic carboxylic acids is 1. The first kappa shape index (κ1) is 11.6. The van der Waals surface area contributed by atoms with Gasteiger partial charge in [-0.05, 0) is 24.3 Å². The highest BCUT2D eigenvalue weighted by molar-refractivity contribution is 6.33. The lowest BCUT2D eigenvalue weighted by Gasteiger charge is -2.04. The summed E-state index contributed by atoms with van der Waals surface area (Å²) in [5.41, 5.74) is 0.754. The van der Waals surface area contributed by atoms with Gasteiger partial charge >= 0.3 is 5.97 Å². The monoisotopic (exact) mass is 254 g/mol. The Morgan fingerprint density at radius 1 is 1.47 bits per heavy atom. The highest BCUT2D eigenvalue weighted by Crippen LogP contribution is 2.28. The number of carbonyl (C=O) groups is 1. The fraction of sp³-hybridized carbons (Fsp3) is 0.0909. The second-order valence-corrected chi connectivity index (χ2v) is 3.87. The zero-order valence-electron chi connectivity index (χ0n) is 8.82. The molecule has 0 aliphatic carbocycles. The number of hydrogen-bond donors (Lipinski definition) is 1. The van der Waals surface area contributed by atoms with Gasteiger partial charge in [-0.1, -0.05) is 11.6 Å². The second kappa shape index (κ2) is 4.18. The lowest BCUT2D eigenvalue weighted by atomic mass is 10.1. The molecule has 0 aliphatic rings. The molecule has 17 heavy (non-hydrogen) atoms. The number of hydrogen-bond acceptors (Lipinski definition) is 2. The number of aromatic nitrogens is 2. The fourth-order valence-electron chi connectivity index (χ4n) is 1.52. The number of benzene rings is 1. The highest BCUT2D eigenvalue weighted by Gasteiger charge is 2.15. The largest absolute Gasteiger partial charge is 0.476 e. The number of carboxylic acid groups (broad SMARTS) is 1. The summed E-state index contributed by atoms with van der Waals surface area (Å²) >= 11 is 5.94. The molecule has 0 spiro atoms. The van der Waals surface area contributed by atoms with Gasteiger partial charge in [0.05, 0.1) is 10.7 Å². The normalized spacial score (nSPS) is 10.5. The molecule has 1 heterocycles. The minimum absolute atomic E-state index is 0.108. The minimum Gasteiger partial charge on any atom is -0.476 e. The van der Waals surface area contributed by atoms with Crippen LogP contribution in [0.3, 0.4) is 0 Å². The van der Waals surface area contributed by atoms with E-state index in [-0.39, 0.29) is 5.69 Å². The third kappa shape index (κ3) is 2.14. The van der Waals surface area contributed by atoms with Gasteiger partial charge in [0.25, 0.3) is 0 Å². The summed E-state index contributed by atoms with van der Waals surface area (Å²) in [4.78, 5) is 10.8. The van der Waals surface area contributed by atoms with Crippen LogP contribution in [0, 0.1) is 5.82 Å². The van der Waals surface area contributed by atoms with Crippen molar-refractivity contribution in [1.82, 2.24) is 9.78 Å². The van der Waals surface area contributed by atoms with Gasteiger partial charge in [-0.2, -0.15) is 5.10 Å². The van der Waals surface area contributed by atoms with Crippen LogP contribution >= 0.6 is 11.6 Å². The molecule has 0 fully saturated rings. The van der Waals surface area contributed by atoms with E-state index in [2.05, 4.69) is 5.10 Å². The first-order chi connectivity index (χ1) is 7.99. The molecular weight excluding hydrogens is 247 g/mol. The number of rotatable bonds is 2. The second-order valence-electron chi connectivity index (χ2n) is 3.47. The summed E-state index contributed by atoms with van der Waals surface area (Å²) in [6, 6.07) is 5.24. The highest BCUT2D eigenvalue weighted by atomic mass is 35.5. The Hall–Kier alpha value is -1.88. The number of carboxylic acids is 1. The summed E-state index contributed by atoms with van der Waals surface area (Å²) in [5.74, 6) is -1.58. The Bertz CT molecular complexity index is 595. The predicted molar refractivity (Wildman–Crippen MR) is 60.6 cm³/mol. The molecule has 1 aromatic heterocycles. The number of aryl methyl sites for hydroxylation is 1. The third-order valence-electron chi connectivity index (χ3n) is 2.30. The smallest absolute Gasteiger partial charge is 0.356 e. The molecule has 88 valence electrons. The van der Waals surface area contributed by atoms with Crippen LogP contribution in [0.1, 0.15) is 10.5 Å². The molecule has 2 rings (SSSR count). The Balaban J connectivity index is 2.60. The van der Waals surface area contributed by atoms with Gasteiger partial charge in [0.1, 0.15) is 5.82 Å². The summed E-state index contributed by atoms with van der Waals surface area (Å²) in [6.45, 7) is 0. The van der Waals surface area contributed by atoms with Crippen LogP contribution in [0.5, 0.6) is 0 Å². The Morgan fingerprint density at radius 2 is 2.18 bits per heavy atom. The van der Waals surface area contributed by atoms with E-state index in [1.165, 1.54) is 28.9 Å². The van der Waals surface area contributed by atoms with Gasteiger partial charge < -0.3 is 5.11 Å². The van der Waals surface area contributed by atoms with E-state index in [9.17, 15) is 9.18 Å². The molecular formula is C11H8ClFN2O2. The van der Waals surface area contributed by atoms with E-state index < -0.39 is 11.8 Å². The maximum Gasteiger partial charge on any atom is 0.356 e. The fourth-order valence-corrected chi connectivity index (χ4v) is 1.73. The molecule has 6 heteroatoms. The average molecular weight is 255 g/mol. The summed E-state index contributed by atoms with van der Waals surface area (Å²) in [5, 5.41) is 12.9. The van der Waals surface area contributed by atoms with Crippen molar-refractivity contribution in [2.24, 2.45) is 7.05 Å². The molecule has 4 nitrogen and oxygen atoms in total. The minimum atomic E-state index is -1.14. The SMILES string of the molecule is Cn1nc(C(=O)O)cc1-c1cc(F)ccc1Cl. The van der Waals surface area contributed by atoms with Crippen LogP contribution in [0.25, 0.3) is 11.3 Å². The van der Waals surface area contributed by atoms with Crippen molar-refractivity contribution in [3.63, 3.8) is 0 Å². The van der Waals surface area contributed by atoms with Gasteiger partial charge in [-0.15, -0.1) is 0 Å². The molecule has 0 amide bonds. The van der Waals surface area contributed by atoms with Gasteiger partial charge in [0.2, 0.25) is 0 Å². The Labute approximate surface area is 101 Å². The van der Waals surface area contributed by atoms with E-state index in [1.54, 1.807) is 7.05 Å². The van der Waals surface area contributed by atoms with Crippen molar-refractivity contribution < 1.29 is 14.3 Å². The van der Waals surface area contributed by atoms with E-state index in [1.807, 2.05) is 0 Å². The van der Waals surface area contributed by atoms with E-state index >= 15 is 0 Å². The van der Waals surface area contributed by atoms with Crippen LogP contribution in [0.2, 0.25) is 5.02 Å². The van der Waals surface area contributed by atoms with Crippen LogP contribution in [0.4, 0.5) is 4.39 Å². The zero-order valence-corrected chi connectivity index (χ0v) is 9.57. The standard InChI is InChI=1S/C11H8ClFN2O2/c1-15-10(5-9(14-15)11(16)17)7-4-6(13)2-3-8(7)12/h2-5H,1H3,(H,16,17). The maximum absolute atomic E-state index is 13.1. The quantitative estimate of drug-likeness (QED) is 0.896. The van der Waals surface area contributed by atoms with E-state index in [4.69, 9.17) is 16.7 Å². The zero-order chi connectivity index (χ0) is 12.6. The molecule has 1 aromatic carbocycles. The predicted octanol–water partition coefficient (Wildman–Crippen LogP) is 2.58. The molecule has 0 saturated heterocycles. The molecule has 0 bridgehead atoms. The van der Waals surface area contributed by atoms with Crippen molar-refractivity contribution in [3.8, 4) is 11.3 Å². The molecule has 1 N–H and O–H groups in total. The van der Waals surface area contributed by atoms with Crippen LogP contribution in [-0.2, 0) is 7.05 Å². The van der Waals surface area contributed by atoms with Crippen LogP contribution < -0.4 is 0 Å². The molecule has 0 unspecified atom stereocenters. The number of halogens is 2. The number of nitrogens with zero attached hydrogens (tertiary/aromatic N) is 2. The van der Waals surface area contributed by atoms with E-state index in [0.717, 1.165) is 0 Å². The molecule has 0 radical (unpaired) electrons. The van der Waals surface area contributed by atoms with Crippen molar-refractivity contribution >= 4 is 17.6 Å². The van der Waals surface area contributed by atoms with Gasteiger partial charge in [0.15, 0.2) is 5.69 Å². The van der Waals surface area contributed by atoms with Crippen molar-refractivity contribution in [3.05, 3.63) is 40.8 Å². The first-order valence-corrected chi connectivity index (χ1v) is 5.09. The molecule has 0 atom stereocenters. The van der Waals surface area contributed by atoms with Crippen molar-refractivity contribution in [1.29, 1.82) is 0 Å². The Morgan fingerprint density at radius 3 is 2.76 bits per heavy atom. The summed E-state index contributed by atoms with van der Waals surface area (Å²) < 4.78 is 14.5. The van der Waals surface area contributed by atoms with Gasteiger partial charge in [-0.25, -0.2) is 9.18 Å². The topological polar surface area (TPSA) is 55.1 Å². The lowest BCUT2D eigenvalue weighted by molar-refractivity contribution is 0.0689. The lowest BCUT2D eigenvalue weighted by Crippen LogP contribution is -1.99. The molecule has 2 aromatic rings. The third-order valence-corrected chi connectivity index (χ3v) is 2.63. The average Bonchev–Trinajstić information content (AvgIpc) is 2.64. The summed E-state index contributed by atoms with van der Waals surface area (Å²) in [7, 11) is 1.57. The van der Waals surface area contributed by atoms with E-state index in [0.29, 0.717) is 16.3 Å². The maximum atomic E-state index is 13.1. The first-order valence-electron chi connectivity index (χ1n) is 4.72. The van der Waals surface area contributed by atoms with Gasteiger partial charge in [-0.3, -0.25) is 4.68 Å². The van der Waals surface area contributed by atoms with Crippen LogP contribution in [-0.4, -0.2) is 20.9 Å². The Kier molecular flexibility index (Phi) is 2.85. The van der Waals surface area contributed by atoms with Gasteiger partial charge in [0, 0.05) is 12.6 Å². The summed E-state index contributed by atoms with van der Waals surface area (Å²) in [6.07, 6.45) is 0. The molecule has 0 saturated carbocycles. The van der Waals surface area contributed by atoms with Crippen molar-refractivity contribution in [2.75, 3.05) is 0 Å². The van der Waals surface area contributed by atoms with Crippen molar-refractivity contribution in [2.45, 2.75) is 0 Å². The molecule has 0 aliphatic heterocycles.